The Balaban J connectivity index is 1.68. The summed E-state index contributed by atoms with van der Waals surface area (Å²) in [7, 11) is 0. The number of benzene rings is 2. The molecular weight excluding hydrogens is 346 g/mol. The summed E-state index contributed by atoms with van der Waals surface area (Å²) in [6.45, 7) is 6.40. The van der Waals surface area contributed by atoms with Crippen LogP contribution in [0.3, 0.4) is 0 Å². The molecule has 1 unspecified atom stereocenters. The molecule has 7 heteroatoms. The molecule has 1 atom stereocenters. The predicted octanol–water partition coefficient (Wildman–Crippen LogP) is 3.08. The molecule has 0 fully saturated rings. The molecule has 0 saturated carbocycles. The van der Waals surface area contributed by atoms with Crippen LogP contribution in [0.1, 0.15) is 23.6 Å². The standard InChI is InChI=1S/C19H21N5OS/c1-13-9-10-14(2)17(11-13)24-19(21-22-23-24)26-15(3)18(25)20-12-16-7-5-4-6-8-16/h4-11,15H,12H2,1-3H3,(H,20,25). The van der Waals surface area contributed by atoms with Crippen molar-refractivity contribution in [3.63, 3.8) is 0 Å². The number of amides is 1. The zero-order valence-electron chi connectivity index (χ0n) is 15.0. The van der Waals surface area contributed by atoms with Crippen LogP contribution in [0.15, 0.2) is 53.7 Å². The van der Waals surface area contributed by atoms with E-state index < -0.39 is 0 Å². The smallest absolute Gasteiger partial charge is 0.233 e. The van der Waals surface area contributed by atoms with Crippen molar-refractivity contribution in [1.29, 1.82) is 0 Å². The minimum Gasteiger partial charge on any atom is -0.351 e. The Kier molecular flexibility index (Phi) is 5.68. The van der Waals surface area contributed by atoms with E-state index in [2.05, 4.69) is 26.9 Å². The topological polar surface area (TPSA) is 72.7 Å². The maximum atomic E-state index is 12.4. The highest BCUT2D eigenvalue weighted by atomic mass is 32.2. The van der Waals surface area contributed by atoms with E-state index in [9.17, 15) is 4.79 Å². The number of nitrogens with one attached hydrogen (secondary N) is 1. The molecular formula is C19H21N5OS. The first-order valence-electron chi connectivity index (χ1n) is 8.39. The number of aryl methyl sites for hydroxylation is 2. The quantitative estimate of drug-likeness (QED) is 0.678. The molecule has 0 spiro atoms. The molecule has 0 saturated heterocycles. The van der Waals surface area contributed by atoms with E-state index in [0.717, 1.165) is 22.4 Å². The van der Waals surface area contributed by atoms with Crippen LogP contribution in [-0.4, -0.2) is 31.4 Å². The van der Waals surface area contributed by atoms with Gasteiger partial charge < -0.3 is 5.32 Å². The lowest BCUT2D eigenvalue weighted by atomic mass is 10.1. The third kappa shape index (κ3) is 4.29. The van der Waals surface area contributed by atoms with Gasteiger partial charge in [0.25, 0.3) is 0 Å². The lowest BCUT2D eigenvalue weighted by molar-refractivity contribution is -0.120. The van der Waals surface area contributed by atoms with Crippen molar-refractivity contribution in [3.05, 3.63) is 65.2 Å². The largest absolute Gasteiger partial charge is 0.351 e. The predicted molar refractivity (Wildman–Crippen MR) is 102 cm³/mol. The van der Waals surface area contributed by atoms with Crippen molar-refractivity contribution in [3.8, 4) is 5.69 Å². The molecule has 0 radical (unpaired) electrons. The van der Waals surface area contributed by atoms with Crippen molar-refractivity contribution in [2.45, 2.75) is 37.7 Å². The van der Waals surface area contributed by atoms with Crippen molar-refractivity contribution in [2.75, 3.05) is 0 Å². The highest BCUT2D eigenvalue weighted by Gasteiger charge is 2.19. The highest BCUT2D eigenvalue weighted by Crippen LogP contribution is 2.25. The average molecular weight is 367 g/mol. The second-order valence-corrected chi connectivity index (χ2v) is 7.43. The van der Waals surface area contributed by atoms with Crippen LogP contribution in [0.25, 0.3) is 5.69 Å². The Morgan fingerprint density at radius 1 is 1.19 bits per heavy atom. The summed E-state index contributed by atoms with van der Waals surface area (Å²) < 4.78 is 1.69. The van der Waals surface area contributed by atoms with Crippen LogP contribution in [0, 0.1) is 13.8 Å². The number of thioether (sulfide) groups is 1. The molecule has 0 aliphatic carbocycles. The van der Waals surface area contributed by atoms with E-state index in [-0.39, 0.29) is 11.2 Å². The Hall–Kier alpha value is -2.67. The van der Waals surface area contributed by atoms with Gasteiger partial charge >= 0.3 is 0 Å². The third-order valence-electron chi connectivity index (χ3n) is 3.99. The van der Waals surface area contributed by atoms with Gasteiger partial charge in [0.15, 0.2) is 0 Å². The molecule has 3 aromatic rings. The Morgan fingerprint density at radius 2 is 1.96 bits per heavy atom. The first-order chi connectivity index (χ1) is 12.5. The van der Waals surface area contributed by atoms with Gasteiger partial charge in [-0.05, 0) is 54.0 Å². The summed E-state index contributed by atoms with van der Waals surface area (Å²) in [6, 6.07) is 16.0. The normalized spacial score (nSPS) is 12.0. The fraction of sp³-hybridized carbons (Fsp3) is 0.263. The minimum absolute atomic E-state index is 0.0469. The number of nitrogens with zero attached hydrogens (tertiary/aromatic N) is 4. The van der Waals surface area contributed by atoms with Gasteiger partial charge in [-0.2, -0.15) is 4.68 Å². The number of hydrogen-bond acceptors (Lipinski definition) is 5. The van der Waals surface area contributed by atoms with Crippen molar-refractivity contribution < 1.29 is 4.79 Å². The Bertz CT molecular complexity index is 894. The number of aromatic nitrogens is 4. The lowest BCUT2D eigenvalue weighted by Crippen LogP contribution is -2.30. The van der Waals surface area contributed by atoms with Gasteiger partial charge in [0.05, 0.1) is 10.9 Å². The second kappa shape index (κ2) is 8.14. The third-order valence-corrected chi connectivity index (χ3v) is 5.03. The van der Waals surface area contributed by atoms with Gasteiger partial charge in [0, 0.05) is 6.54 Å². The van der Waals surface area contributed by atoms with E-state index in [0.29, 0.717) is 11.7 Å². The van der Waals surface area contributed by atoms with Crippen molar-refractivity contribution in [2.24, 2.45) is 0 Å². The number of rotatable bonds is 6. The fourth-order valence-corrected chi connectivity index (χ4v) is 3.32. The molecule has 0 bridgehead atoms. The van der Waals surface area contributed by atoms with Gasteiger partial charge in [-0.15, -0.1) is 5.10 Å². The first kappa shape index (κ1) is 18.1. The maximum Gasteiger partial charge on any atom is 0.233 e. The van der Waals surface area contributed by atoms with Crippen LogP contribution in [0.2, 0.25) is 0 Å². The molecule has 1 heterocycles. The average Bonchev–Trinajstić information content (AvgIpc) is 3.10. The summed E-state index contributed by atoms with van der Waals surface area (Å²) in [4.78, 5) is 12.4. The van der Waals surface area contributed by atoms with Gasteiger partial charge in [-0.25, -0.2) is 0 Å². The Morgan fingerprint density at radius 3 is 2.73 bits per heavy atom. The molecule has 0 aliphatic rings. The van der Waals surface area contributed by atoms with Crippen LogP contribution in [-0.2, 0) is 11.3 Å². The van der Waals surface area contributed by atoms with Gasteiger partial charge in [0.1, 0.15) is 0 Å². The second-order valence-electron chi connectivity index (χ2n) is 6.13. The molecule has 1 amide bonds. The van der Waals surface area contributed by atoms with E-state index >= 15 is 0 Å². The van der Waals surface area contributed by atoms with E-state index in [1.807, 2.05) is 63.2 Å². The molecule has 1 aromatic heterocycles. The van der Waals surface area contributed by atoms with Gasteiger partial charge in [-0.3, -0.25) is 4.79 Å². The number of carbonyl (C=O) groups is 1. The zero-order valence-corrected chi connectivity index (χ0v) is 15.8. The monoisotopic (exact) mass is 367 g/mol. The van der Waals surface area contributed by atoms with Crippen LogP contribution < -0.4 is 5.32 Å². The van der Waals surface area contributed by atoms with E-state index in [4.69, 9.17) is 0 Å². The number of hydrogen-bond donors (Lipinski definition) is 1. The SMILES string of the molecule is Cc1ccc(C)c(-n2nnnc2SC(C)C(=O)NCc2ccccc2)c1. The van der Waals surface area contributed by atoms with Crippen LogP contribution in [0.4, 0.5) is 0 Å². The zero-order chi connectivity index (χ0) is 18.5. The highest BCUT2D eigenvalue weighted by molar-refractivity contribution is 8.00. The van der Waals surface area contributed by atoms with E-state index in [1.165, 1.54) is 11.8 Å². The summed E-state index contributed by atoms with van der Waals surface area (Å²) >= 11 is 1.34. The molecule has 6 nitrogen and oxygen atoms in total. The molecule has 134 valence electrons. The number of carbonyl (C=O) groups excluding carboxylic acids is 1. The van der Waals surface area contributed by atoms with E-state index in [1.54, 1.807) is 4.68 Å². The minimum atomic E-state index is -0.312. The van der Waals surface area contributed by atoms with Gasteiger partial charge in [-0.1, -0.05) is 54.2 Å². The summed E-state index contributed by atoms with van der Waals surface area (Å²) in [5, 5.41) is 15.2. The molecule has 26 heavy (non-hydrogen) atoms. The fourth-order valence-electron chi connectivity index (χ4n) is 2.49. The van der Waals surface area contributed by atoms with Crippen LogP contribution in [0.5, 0.6) is 0 Å². The van der Waals surface area contributed by atoms with Gasteiger partial charge in [0.2, 0.25) is 11.1 Å². The Labute approximate surface area is 157 Å². The van der Waals surface area contributed by atoms with Crippen molar-refractivity contribution in [1.82, 2.24) is 25.5 Å². The number of tetrazole rings is 1. The molecule has 1 N–H and O–H groups in total. The summed E-state index contributed by atoms with van der Waals surface area (Å²) in [5.41, 5.74) is 4.20. The maximum absolute atomic E-state index is 12.4. The van der Waals surface area contributed by atoms with Crippen LogP contribution >= 0.6 is 11.8 Å². The summed E-state index contributed by atoms with van der Waals surface area (Å²) in [6.07, 6.45) is 0. The lowest BCUT2D eigenvalue weighted by Gasteiger charge is -2.13. The first-order valence-corrected chi connectivity index (χ1v) is 9.27. The molecule has 0 aliphatic heterocycles. The van der Waals surface area contributed by atoms with Crippen molar-refractivity contribution >= 4 is 17.7 Å². The molecule has 3 rings (SSSR count). The molecule has 2 aromatic carbocycles. The summed E-state index contributed by atoms with van der Waals surface area (Å²) in [5.74, 6) is -0.0469.